The van der Waals surface area contributed by atoms with Crippen LogP contribution in [0.15, 0.2) is 35.3 Å². The van der Waals surface area contributed by atoms with E-state index in [1.165, 1.54) is 37.6 Å². The van der Waals surface area contributed by atoms with Crippen LogP contribution in [0.5, 0.6) is 0 Å². The third-order valence-corrected chi connectivity index (χ3v) is 5.87. The lowest BCUT2D eigenvalue weighted by Crippen LogP contribution is -2.49. The van der Waals surface area contributed by atoms with Gasteiger partial charge in [-0.05, 0) is 72.4 Å². The highest BCUT2D eigenvalue weighted by Gasteiger charge is 2.31. The van der Waals surface area contributed by atoms with E-state index >= 15 is 0 Å². The Morgan fingerprint density at radius 1 is 1.00 bits per heavy atom. The molecule has 13 heteroatoms. The number of hydrogen-bond acceptors (Lipinski definition) is 9. The molecule has 0 aromatic carbocycles. The van der Waals surface area contributed by atoms with Gasteiger partial charge in [0.05, 0.1) is 7.11 Å². The first-order chi connectivity index (χ1) is 19.9. The third-order valence-electron chi connectivity index (χ3n) is 5.87. The number of ether oxygens (including phenoxy) is 3. The number of carbonyl (C=O) groups is 5. The molecule has 0 aliphatic heterocycles. The van der Waals surface area contributed by atoms with Gasteiger partial charge in [-0.2, -0.15) is 0 Å². The normalized spacial score (nSPS) is 13.8. The van der Waals surface area contributed by atoms with Crippen molar-refractivity contribution >= 4 is 35.5 Å². The number of nitrogens with one attached hydrogen (secondary N) is 3. The zero-order valence-electron chi connectivity index (χ0n) is 26.6. The zero-order valence-corrected chi connectivity index (χ0v) is 26.6. The fourth-order valence-electron chi connectivity index (χ4n) is 3.61. The molecule has 1 aromatic heterocycles. The smallest absolute Gasteiger partial charge is 0.408 e. The molecule has 0 radical (unpaired) electrons. The summed E-state index contributed by atoms with van der Waals surface area (Å²) in [6.45, 7) is 13.5. The van der Waals surface area contributed by atoms with Gasteiger partial charge in [0.25, 0.3) is 5.56 Å². The van der Waals surface area contributed by atoms with Gasteiger partial charge in [-0.15, -0.1) is 0 Å². The zero-order chi connectivity index (χ0) is 33.0. The number of esters is 2. The lowest BCUT2D eigenvalue weighted by Gasteiger charge is -2.27. The average Bonchev–Trinajstić information content (AvgIpc) is 2.88. The Kier molecular flexibility index (Phi) is 14.1. The van der Waals surface area contributed by atoms with Crippen LogP contribution in [0.3, 0.4) is 0 Å². The molecule has 3 atom stereocenters. The predicted octanol–water partition coefficient (Wildman–Crippen LogP) is 3.06. The van der Waals surface area contributed by atoms with Crippen molar-refractivity contribution in [3.63, 3.8) is 0 Å². The molecular weight excluding hydrogens is 560 g/mol. The Morgan fingerprint density at radius 3 is 2.19 bits per heavy atom. The van der Waals surface area contributed by atoms with Crippen molar-refractivity contribution in [2.24, 2.45) is 5.92 Å². The van der Waals surface area contributed by atoms with Crippen molar-refractivity contribution in [3.8, 4) is 0 Å². The van der Waals surface area contributed by atoms with Crippen molar-refractivity contribution in [1.29, 1.82) is 0 Å². The van der Waals surface area contributed by atoms with Gasteiger partial charge in [-0.25, -0.2) is 14.4 Å². The van der Waals surface area contributed by atoms with E-state index in [2.05, 4.69) is 20.7 Å². The number of alkyl carbamates (subject to hydrolysis) is 1. The Bertz CT molecular complexity index is 1230. The lowest BCUT2D eigenvalue weighted by atomic mass is 9.99. The SMILES string of the molecule is CC[C@@H](C)[C@H](NC(=O)Cn1cccc(NC(=O)[C@H](CCC=CC(=O)OC)NC(=O)OC(C)(C)C)c1=O)C(=O)OC(C)(C)C. The first kappa shape index (κ1) is 36.9. The quantitative estimate of drug-likeness (QED) is 0.173. The van der Waals surface area contributed by atoms with E-state index in [1.54, 1.807) is 41.5 Å². The van der Waals surface area contributed by atoms with E-state index in [4.69, 9.17) is 9.47 Å². The maximum absolute atomic E-state index is 13.2. The maximum atomic E-state index is 13.2. The first-order valence-corrected chi connectivity index (χ1v) is 14.1. The molecule has 3 amide bonds. The standard InChI is InChI=1S/C30H46N4O9/c1-10-19(2)24(27(39)42-29(3,4)5)33-22(35)18-34-17-13-15-21(26(34)38)31-25(37)20(14-11-12-16-23(36)41-9)32-28(40)43-30(6,7)8/h12-13,15-17,19-20,24H,10-11,14,18H2,1-9H3,(H,31,37)(H,32,40)(H,33,35)/t19-,20+,24+/m1/s1. The van der Waals surface area contributed by atoms with Crippen LogP contribution < -0.4 is 21.5 Å². The molecule has 1 rings (SSSR count). The number of amides is 3. The van der Waals surface area contributed by atoms with Gasteiger partial charge in [0.2, 0.25) is 11.8 Å². The number of allylic oxidation sites excluding steroid dienone is 1. The van der Waals surface area contributed by atoms with Gasteiger partial charge in [0.15, 0.2) is 0 Å². The summed E-state index contributed by atoms with van der Waals surface area (Å²) in [6, 6.07) is 0.792. The fourth-order valence-corrected chi connectivity index (χ4v) is 3.61. The average molecular weight is 607 g/mol. The number of nitrogens with zero attached hydrogens (tertiary/aromatic N) is 1. The predicted molar refractivity (Wildman–Crippen MR) is 160 cm³/mol. The number of aromatic nitrogens is 1. The summed E-state index contributed by atoms with van der Waals surface area (Å²) < 4.78 is 16.3. The summed E-state index contributed by atoms with van der Waals surface area (Å²) >= 11 is 0. The molecule has 0 bridgehead atoms. The topological polar surface area (TPSA) is 171 Å². The molecule has 1 aromatic rings. The molecule has 13 nitrogen and oxygen atoms in total. The number of anilines is 1. The van der Waals surface area contributed by atoms with Crippen LogP contribution in [-0.2, 0) is 39.9 Å². The van der Waals surface area contributed by atoms with Crippen molar-refractivity contribution in [3.05, 3.63) is 40.8 Å². The van der Waals surface area contributed by atoms with Crippen molar-refractivity contribution in [2.75, 3.05) is 12.4 Å². The van der Waals surface area contributed by atoms with Crippen molar-refractivity contribution < 1.29 is 38.2 Å². The highest BCUT2D eigenvalue weighted by atomic mass is 16.6. The second-order valence-electron chi connectivity index (χ2n) is 12.0. The van der Waals surface area contributed by atoms with Crippen LogP contribution in [0, 0.1) is 5.92 Å². The summed E-state index contributed by atoms with van der Waals surface area (Å²) in [5.41, 5.74) is -2.37. The molecule has 0 saturated heterocycles. The largest absolute Gasteiger partial charge is 0.466 e. The summed E-state index contributed by atoms with van der Waals surface area (Å²) in [6.07, 6.45) is 4.10. The van der Waals surface area contributed by atoms with Crippen molar-refractivity contribution in [1.82, 2.24) is 15.2 Å². The third kappa shape index (κ3) is 14.0. The van der Waals surface area contributed by atoms with E-state index in [0.717, 1.165) is 4.57 Å². The van der Waals surface area contributed by atoms with Crippen LogP contribution in [0.2, 0.25) is 0 Å². The van der Waals surface area contributed by atoms with E-state index < -0.39 is 65.2 Å². The van der Waals surface area contributed by atoms with Gasteiger partial charge in [-0.1, -0.05) is 26.3 Å². The molecule has 0 unspecified atom stereocenters. The molecule has 3 N–H and O–H groups in total. The molecule has 0 saturated carbocycles. The summed E-state index contributed by atoms with van der Waals surface area (Å²) in [7, 11) is 1.23. The molecular formula is C30H46N4O9. The molecule has 0 fully saturated rings. The van der Waals surface area contributed by atoms with Crippen LogP contribution in [0.4, 0.5) is 10.5 Å². The van der Waals surface area contributed by atoms with Crippen LogP contribution >= 0.6 is 0 Å². The van der Waals surface area contributed by atoms with Crippen LogP contribution in [0.25, 0.3) is 0 Å². The minimum absolute atomic E-state index is 0.0731. The maximum Gasteiger partial charge on any atom is 0.408 e. The number of rotatable bonds is 13. The number of hydrogen-bond donors (Lipinski definition) is 3. The number of pyridine rings is 1. The Labute approximate surface area is 252 Å². The van der Waals surface area contributed by atoms with Gasteiger partial charge < -0.3 is 34.7 Å². The van der Waals surface area contributed by atoms with Gasteiger partial charge in [0.1, 0.15) is 35.5 Å². The van der Waals surface area contributed by atoms with Gasteiger partial charge in [-0.3, -0.25) is 14.4 Å². The summed E-state index contributed by atoms with van der Waals surface area (Å²) in [5, 5.41) is 7.65. The highest BCUT2D eigenvalue weighted by molar-refractivity contribution is 5.96. The highest BCUT2D eigenvalue weighted by Crippen LogP contribution is 2.15. The van der Waals surface area contributed by atoms with Gasteiger partial charge >= 0.3 is 18.0 Å². The Morgan fingerprint density at radius 2 is 1.63 bits per heavy atom. The molecule has 0 spiro atoms. The minimum Gasteiger partial charge on any atom is -0.466 e. The van der Waals surface area contributed by atoms with E-state index in [9.17, 15) is 28.8 Å². The minimum atomic E-state index is -1.13. The second-order valence-corrected chi connectivity index (χ2v) is 12.0. The summed E-state index contributed by atoms with van der Waals surface area (Å²) in [5.74, 6) is -2.68. The molecule has 43 heavy (non-hydrogen) atoms. The first-order valence-electron chi connectivity index (χ1n) is 14.1. The van der Waals surface area contributed by atoms with Crippen LogP contribution in [-0.4, -0.2) is 64.8 Å². The molecule has 0 aliphatic carbocycles. The monoisotopic (exact) mass is 606 g/mol. The van der Waals surface area contributed by atoms with E-state index in [1.807, 2.05) is 13.8 Å². The Hall–Kier alpha value is -4.16. The second kappa shape index (κ2) is 16.5. The molecule has 1 heterocycles. The fraction of sp³-hybridized carbons (Fsp3) is 0.600. The lowest BCUT2D eigenvalue weighted by molar-refractivity contribution is -0.160. The van der Waals surface area contributed by atoms with Crippen LogP contribution in [0.1, 0.15) is 74.7 Å². The molecule has 240 valence electrons. The van der Waals surface area contributed by atoms with E-state index in [0.29, 0.717) is 6.42 Å². The number of methoxy groups -OCH3 is 1. The van der Waals surface area contributed by atoms with Crippen molar-refractivity contribution in [2.45, 2.75) is 104 Å². The van der Waals surface area contributed by atoms with E-state index in [-0.39, 0.29) is 24.4 Å². The number of carbonyl (C=O) groups excluding carboxylic acids is 5. The van der Waals surface area contributed by atoms with Gasteiger partial charge in [0, 0.05) is 12.3 Å². The Balaban J connectivity index is 3.09. The summed E-state index contributed by atoms with van der Waals surface area (Å²) in [4.78, 5) is 75.6. The molecule has 0 aliphatic rings.